The number of aliphatic hydroxyl groups excluding tert-OH is 1. The second kappa shape index (κ2) is 5.23. The van der Waals surface area contributed by atoms with Crippen molar-refractivity contribution in [1.82, 2.24) is 0 Å². The van der Waals surface area contributed by atoms with Crippen molar-refractivity contribution in [2.45, 2.75) is 26.4 Å². The lowest BCUT2D eigenvalue weighted by atomic mass is 10.0. The second-order valence-corrected chi connectivity index (χ2v) is 2.43. The van der Waals surface area contributed by atoms with Crippen molar-refractivity contribution in [3.8, 4) is 0 Å². The molecule has 3 nitrogen and oxygen atoms in total. The van der Waals surface area contributed by atoms with Gasteiger partial charge in [0.15, 0.2) is 0 Å². The van der Waals surface area contributed by atoms with Gasteiger partial charge in [-0.3, -0.25) is 4.79 Å². The Morgan fingerprint density at radius 3 is 2.60 bits per heavy atom. The van der Waals surface area contributed by atoms with Crippen LogP contribution in [-0.2, 0) is 9.53 Å². The quantitative estimate of drug-likeness (QED) is 0.577. The number of carbonyl (C=O) groups is 1. The van der Waals surface area contributed by atoms with Gasteiger partial charge >= 0.3 is 0 Å². The van der Waals surface area contributed by atoms with Crippen molar-refractivity contribution in [2.24, 2.45) is 5.92 Å². The fourth-order valence-electron chi connectivity index (χ4n) is 0.660. The summed E-state index contributed by atoms with van der Waals surface area (Å²) in [5.74, 6) is 0.232. The van der Waals surface area contributed by atoms with Crippen LogP contribution in [0.25, 0.3) is 0 Å². The van der Waals surface area contributed by atoms with Crippen molar-refractivity contribution >= 4 is 6.47 Å². The Kier molecular flexibility index (Phi) is 4.94. The molecule has 0 aliphatic carbocycles. The average Bonchev–Trinajstić information content (AvgIpc) is 1.89. The summed E-state index contributed by atoms with van der Waals surface area (Å²) in [5.41, 5.74) is 0. The zero-order chi connectivity index (χ0) is 7.98. The lowest BCUT2D eigenvalue weighted by Crippen LogP contribution is -2.18. The minimum absolute atomic E-state index is 0.0929. The van der Waals surface area contributed by atoms with Gasteiger partial charge in [-0.1, -0.05) is 6.92 Å². The topological polar surface area (TPSA) is 46.5 Å². The standard InChI is InChI=1S/C7H14O3/c1-6(3-4-8)7(2)10-5-9/h5-8H,3-4H2,1-2H3. The van der Waals surface area contributed by atoms with Gasteiger partial charge in [0.1, 0.15) is 6.10 Å². The van der Waals surface area contributed by atoms with Gasteiger partial charge in [-0.25, -0.2) is 0 Å². The van der Waals surface area contributed by atoms with Crippen LogP contribution in [0.15, 0.2) is 0 Å². The van der Waals surface area contributed by atoms with Crippen molar-refractivity contribution in [2.75, 3.05) is 6.61 Å². The second-order valence-electron chi connectivity index (χ2n) is 2.43. The molecule has 2 atom stereocenters. The zero-order valence-corrected chi connectivity index (χ0v) is 6.41. The molecule has 0 amide bonds. The first-order valence-electron chi connectivity index (χ1n) is 3.42. The van der Waals surface area contributed by atoms with Gasteiger partial charge in [0.2, 0.25) is 0 Å². The van der Waals surface area contributed by atoms with E-state index in [4.69, 9.17) is 5.11 Å². The van der Waals surface area contributed by atoms with E-state index in [-0.39, 0.29) is 18.6 Å². The van der Waals surface area contributed by atoms with E-state index in [0.29, 0.717) is 12.9 Å². The largest absolute Gasteiger partial charge is 0.465 e. The van der Waals surface area contributed by atoms with Crippen LogP contribution in [0, 0.1) is 5.92 Å². The number of carbonyl (C=O) groups excluding carboxylic acids is 1. The molecule has 0 aliphatic rings. The fraction of sp³-hybridized carbons (Fsp3) is 0.857. The third-order valence-electron chi connectivity index (χ3n) is 1.66. The summed E-state index contributed by atoms with van der Waals surface area (Å²) in [6.45, 7) is 4.34. The molecule has 0 aromatic carbocycles. The minimum Gasteiger partial charge on any atom is -0.465 e. The summed E-state index contributed by atoms with van der Waals surface area (Å²) in [6.07, 6.45) is 0.583. The summed E-state index contributed by atoms with van der Waals surface area (Å²) in [6, 6.07) is 0. The normalized spacial score (nSPS) is 15.9. The molecule has 0 heterocycles. The van der Waals surface area contributed by atoms with Gasteiger partial charge in [0.25, 0.3) is 6.47 Å². The van der Waals surface area contributed by atoms with Crippen molar-refractivity contribution in [3.63, 3.8) is 0 Å². The predicted octanol–water partition coefficient (Wildman–Crippen LogP) is 0.566. The first-order valence-corrected chi connectivity index (χ1v) is 3.42. The molecule has 2 unspecified atom stereocenters. The average molecular weight is 146 g/mol. The molecule has 0 rings (SSSR count). The van der Waals surface area contributed by atoms with Crippen LogP contribution in [0.3, 0.4) is 0 Å². The molecule has 0 spiro atoms. The molecule has 0 radical (unpaired) electrons. The van der Waals surface area contributed by atoms with E-state index < -0.39 is 0 Å². The van der Waals surface area contributed by atoms with Gasteiger partial charge in [-0.15, -0.1) is 0 Å². The van der Waals surface area contributed by atoms with E-state index in [9.17, 15) is 4.79 Å². The number of hydrogen-bond acceptors (Lipinski definition) is 3. The van der Waals surface area contributed by atoms with Crippen LogP contribution in [0.5, 0.6) is 0 Å². The molecular formula is C7H14O3. The van der Waals surface area contributed by atoms with E-state index in [1.165, 1.54) is 0 Å². The van der Waals surface area contributed by atoms with Crippen molar-refractivity contribution in [3.05, 3.63) is 0 Å². The Bertz CT molecular complexity index is 92.9. The van der Waals surface area contributed by atoms with E-state index in [2.05, 4.69) is 4.74 Å². The molecule has 1 N–H and O–H groups in total. The first-order chi connectivity index (χ1) is 4.72. The van der Waals surface area contributed by atoms with Crippen LogP contribution in [0.4, 0.5) is 0 Å². The fourth-order valence-corrected chi connectivity index (χ4v) is 0.660. The van der Waals surface area contributed by atoms with Gasteiger partial charge in [-0.05, 0) is 19.3 Å². The molecule has 0 saturated carbocycles. The summed E-state index contributed by atoms with van der Waals surface area (Å²) >= 11 is 0. The van der Waals surface area contributed by atoms with Crippen molar-refractivity contribution < 1.29 is 14.6 Å². The zero-order valence-electron chi connectivity index (χ0n) is 6.41. The SMILES string of the molecule is CC(CCO)C(C)OC=O. The molecule has 3 heteroatoms. The minimum atomic E-state index is -0.0929. The molecule has 60 valence electrons. The molecule has 0 saturated heterocycles. The van der Waals surface area contributed by atoms with Gasteiger partial charge in [0.05, 0.1) is 0 Å². The van der Waals surface area contributed by atoms with E-state index in [1.807, 2.05) is 13.8 Å². The summed E-state index contributed by atoms with van der Waals surface area (Å²) in [7, 11) is 0. The molecule has 0 aliphatic heterocycles. The lowest BCUT2D eigenvalue weighted by Gasteiger charge is -2.16. The van der Waals surface area contributed by atoms with E-state index in [1.54, 1.807) is 0 Å². The summed E-state index contributed by atoms with van der Waals surface area (Å²) in [5, 5.41) is 8.51. The van der Waals surface area contributed by atoms with Crippen LogP contribution in [0.1, 0.15) is 20.3 Å². The number of rotatable bonds is 5. The molecule has 0 aromatic rings. The Labute approximate surface area is 61.0 Å². The molecule has 0 fully saturated rings. The number of hydrogen-bond donors (Lipinski definition) is 1. The highest BCUT2D eigenvalue weighted by atomic mass is 16.5. The van der Waals surface area contributed by atoms with Crippen LogP contribution >= 0.6 is 0 Å². The number of aliphatic hydroxyl groups is 1. The van der Waals surface area contributed by atoms with Gasteiger partial charge in [-0.2, -0.15) is 0 Å². The maximum Gasteiger partial charge on any atom is 0.293 e. The molecule has 10 heavy (non-hydrogen) atoms. The number of ether oxygens (including phenoxy) is 1. The molecule has 0 aromatic heterocycles. The van der Waals surface area contributed by atoms with E-state index >= 15 is 0 Å². The Morgan fingerprint density at radius 1 is 1.60 bits per heavy atom. The Balaban J connectivity index is 3.47. The highest BCUT2D eigenvalue weighted by molar-refractivity contribution is 5.37. The third kappa shape index (κ3) is 3.45. The molecule has 0 bridgehead atoms. The third-order valence-corrected chi connectivity index (χ3v) is 1.66. The lowest BCUT2D eigenvalue weighted by molar-refractivity contribution is -0.135. The van der Waals surface area contributed by atoms with Crippen LogP contribution < -0.4 is 0 Å². The Morgan fingerprint density at radius 2 is 2.20 bits per heavy atom. The molecular weight excluding hydrogens is 132 g/mol. The summed E-state index contributed by atoms with van der Waals surface area (Å²) < 4.78 is 4.66. The first kappa shape index (κ1) is 9.43. The monoisotopic (exact) mass is 146 g/mol. The van der Waals surface area contributed by atoms with Gasteiger partial charge in [0, 0.05) is 6.61 Å². The highest BCUT2D eigenvalue weighted by Crippen LogP contribution is 2.09. The summed E-state index contributed by atoms with van der Waals surface area (Å²) in [4.78, 5) is 9.84. The van der Waals surface area contributed by atoms with Crippen LogP contribution in [0.2, 0.25) is 0 Å². The van der Waals surface area contributed by atoms with Gasteiger partial charge < -0.3 is 9.84 Å². The predicted molar refractivity (Wildman–Crippen MR) is 37.5 cm³/mol. The Hall–Kier alpha value is -0.570. The smallest absolute Gasteiger partial charge is 0.293 e. The maximum absolute atomic E-state index is 9.84. The van der Waals surface area contributed by atoms with E-state index in [0.717, 1.165) is 0 Å². The van der Waals surface area contributed by atoms with Crippen LogP contribution in [-0.4, -0.2) is 24.3 Å². The maximum atomic E-state index is 9.84. The highest BCUT2D eigenvalue weighted by Gasteiger charge is 2.11. The van der Waals surface area contributed by atoms with Crippen molar-refractivity contribution in [1.29, 1.82) is 0 Å².